The van der Waals surface area contributed by atoms with Gasteiger partial charge in [-0.25, -0.2) is 0 Å². The second-order valence-corrected chi connectivity index (χ2v) is 5.82. The van der Waals surface area contributed by atoms with Gasteiger partial charge in [0, 0.05) is 18.6 Å². The first-order valence-electron chi connectivity index (χ1n) is 7.06. The van der Waals surface area contributed by atoms with Gasteiger partial charge in [-0.1, -0.05) is 6.92 Å². The smallest absolute Gasteiger partial charge is 0.237 e. The first-order chi connectivity index (χ1) is 8.78. The van der Waals surface area contributed by atoms with E-state index in [1.54, 1.807) is 0 Å². The molecule has 0 aromatic rings. The van der Waals surface area contributed by atoms with Gasteiger partial charge in [0.25, 0.3) is 0 Å². The number of carbonyl (C=O) groups excluding carboxylic acids is 1. The Labute approximate surface area is 118 Å². The van der Waals surface area contributed by atoms with Crippen molar-refractivity contribution in [1.82, 2.24) is 15.5 Å². The molecule has 0 bridgehead atoms. The summed E-state index contributed by atoms with van der Waals surface area (Å²) in [7, 11) is 4.03. The lowest BCUT2D eigenvalue weighted by Gasteiger charge is -2.26. The molecule has 0 saturated heterocycles. The molecule has 0 aromatic heterocycles. The molecule has 0 fully saturated rings. The predicted octanol–water partition coefficient (Wildman–Crippen LogP) is 0.848. The fourth-order valence-corrected chi connectivity index (χ4v) is 1.32. The van der Waals surface area contributed by atoms with Crippen molar-refractivity contribution in [2.45, 2.75) is 45.7 Å². The molecule has 19 heavy (non-hydrogen) atoms. The van der Waals surface area contributed by atoms with Crippen molar-refractivity contribution in [2.24, 2.45) is 0 Å². The lowest BCUT2D eigenvalue weighted by molar-refractivity contribution is -0.124. The molecular weight excluding hydrogens is 242 g/mol. The highest BCUT2D eigenvalue weighted by Gasteiger charge is 2.21. The quantitative estimate of drug-likeness (QED) is 0.579. The summed E-state index contributed by atoms with van der Waals surface area (Å²) in [5.41, 5.74) is -0.144. The second kappa shape index (κ2) is 9.28. The highest BCUT2D eigenvalue weighted by molar-refractivity contribution is 5.81. The minimum atomic E-state index is -0.191. The Morgan fingerprint density at radius 3 is 2.47 bits per heavy atom. The minimum Gasteiger partial charge on any atom is -0.379 e. The van der Waals surface area contributed by atoms with Crippen LogP contribution in [-0.4, -0.2) is 62.8 Å². The number of carbonyl (C=O) groups is 1. The molecule has 1 atom stereocenters. The lowest BCUT2D eigenvalue weighted by Crippen LogP contribution is -2.51. The summed E-state index contributed by atoms with van der Waals surface area (Å²) in [6, 6.07) is -0.191. The van der Waals surface area contributed by atoms with Crippen molar-refractivity contribution < 1.29 is 9.53 Å². The largest absolute Gasteiger partial charge is 0.379 e. The lowest BCUT2D eigenvalue weighted by atomic mass is 10.0. The van der Waals surface area contributed by atoms with Gasteiger partial charge in [0.05, 0.1) is 19.3 Å². The number of amides is 1. The van der Waals surface area contributed by atoms with Crippen molar-refractivity contribution in [3.05, 3.63) is 0 Å². The van der Waals surface area contributed by atoms with Crippen LogP contribution >= 0.6 is 0 Å². The molecule has 5 heteroatoms. The number of ether oxygens (including phenoxy) is 1. The number of nitrogens with zero attached hydrogens (tertiary/aromatic N) is 1. The summed E-state index contributed by atoms with van der Waals surface area (Å²) >= 11 is 0. The highest BCUT2D eigenvalue weighted by atomic mass is 16.5. The number of hydrogen-bond donors (Lipinski definition) is 2. The minimum absolute atomic E-state index is 0.0418. The molecule has 1 unspecified atom stereocenters. The van der Waals surface area contributed by atoms with Gasteiger partial charge >= 0.3 is 0 Å². The van der Waals surface area contributed by atoms with Crippen LogP contribution in [0.15, 0.2) is 0 Å². The van der Waals surface area contributed by atoms with Crippen LogP contribution < -0.4 is 10.6 Å². The Balaban J connectivity index is 3.68. The molecule has 0 radical (unpaired) electrons. The third-order valence-corrected chi connectivity index (χ3v) is 3.12. The standard InChI is InChI=1S/C14H31N3O2/c1-7-14(3,4)16-13(18)12(2)15-8-10-19-11-9-17(5)6/h12,15H,7-11H2,1-6H3,(H,16,18). The molecular formula is C14H31N3O2. The van der Waals surface area contributed by atoms with Gasteiger partial charge < -0.3 is 20.3 Å². The van der Waals surface area contributed by atoms with E-state index < -0.39 is 0 Å². The van der Waals surface area contributed by atoms with E-state index in [1.165, 1.54) is 0 Å². The van der Waals surface area contributed by atoms with E-state index >= 15 is 0 Å². The molecule has 0 aliphatic rings. The maximum absolute atomic E-state index is 11.9. The number of nitrogens with one attached hydrogen (secondary N) is 2. The fraction of sp³-hybridized carbons (Fsp3) is 0.929. The fourth-order valence-electron chi connectivity index (χ4n) is 1.32. The van der Waals surface area contributed by atoms with Gasteiger partial charge in [-0.3, -0.25) is 4.79 Å². The van der Waals surface area contributed by atoms with Crippen molar-refractivity contribution in [2.75, 3.05) is 40.4 Å². The monoisotopic (exact) mass is 273 g/mol. The van der Waals surface area contributed by atoms with Gasteiger partial charge in [-0.15, -0.1) is 0 Å². The Bertz CT molecular complexity index is 255. The van der Waals surface area contributed by atoms with Crippen LogP contribution in [-0.2, 0) is 9.53 Å². The molecule has 2 N–H and O–H groups in total. The van der Waals surface area contributed by atoms with E-state index in [9.17, 15) is 4.79 Å². The van der Waals surface area contributed by atoms with Crippen LogP contribution in [0, 0.1) is 0 Å². The number of likely N-dealkylation sites (N-methyl/N-ethyl adjacent to an activating group) is 1. The van der Waals surface area contributed by atoms with Crippen molar-refractivity contribution in [3.8, 4) is 0 Å². The van der Waals surface area contributed by atoms with Crippen molar-refractivity contribution >= 4 is 5.91 Å². The first-order valence-corrected chi connectivity index (χ1v) is 7.06. The second-order valence-electron chi connectivity index (χ2n) is 5.82. The third kappa shape index (κ3) is 9.87. The van der Waals surface area contributed by atoms with E-state index in [2.05, 4.69) is 22.5 Å². The Morgan fingerprint density at radius 2 is 1.95 bits per heavy atom. The zero-order valence-electron chi connectivity index (χ0n) is 13.4. The van der Waals surface area contributed by atoms with Crippen molar-refractivity contribution in [1.29, 1.82) is 0 Å². The number of hydrogen-bond acceptors (Lipinski definition) is 4. The average molecular weight is 273 g/mol. The molecule has 0 aromatic carbocycles. The van der Waals surface area contributed by atoms with Crippen LogP contribution in [0.25, 0.3) is 0 Å². The summed E-state index contributed by atoms with van der Waals surface area (Å²) in [4.78, 5) is 14.0. The van der Waals surface area contributed by atoms with Crippen LogP contribution in [0.2, 0.25) is 0 Å². The highest BCUT2D eigenvalue weighted by Crippen LogP contribution is 2.06. The Hall–Kier alpha value is -0.650. The summed E-state index contributed by atoms with van der Waals surface area (Å²) in [6.07, 6.45) is 0.916. The van der Waals surface area contributed by atoms with Crippen molar-refractivity contribution in [3.63, 3.8) is 0 Å². The van der Waals surface area contributed by atoms with Crippen LogP contribution in [0.4, 0.5) is 0 Å². The first kappa shape index (κ1) is 18.4. The Morgan fingerprint density at radius 1 is 1.32 bits per heavy atom. The molecule has 0 rings (SSSR count). The zero-order chi connectivity index (χ0) is 14.9. The van der Waals surface area contributed by atoms with Gasteiger partial charge in [0.15, 0.2) is 0 Å². The van der Waals surface area contributed by atoms with E-state index in [4.69, 9.17) is 4.74 Å². The molecule has 1 amide bonds. The normalized spacial score (nSPS) is 13.6. The van der Waals surface area contributed by atoms with E-state index in [0.29, 0.717) is 13.2 Å². The molecule has 0 saturated carbocycles. The predicted molar refractivity (Wildman–Crippen MR) is 79.4 cm³/mol. The summed E-state index contributed by atoms with van der Waals surface area (Å²) in [6.45, 7) is 11.0. The molecule has 0 aliphatic heterocycles. The van der Waals surface area contributed by atoms with Crippen LogP contribution in [0.3, 0.4) is 0 Å². The van der Waals surface area contributed by atoms with Gasteiger partial charge in [-0.2, -0.15) is 0 Å². The van der Waals surface area contributed by atoms with Gasteiger partial charge in [-0.05, 0) is 41.3 Å². The van der Waals surface area contributed by atoms with E-state index in [-0.39, 0.29) is 17.5 Å². The molecule has 0 aliphatic carbocycles. The molecule has 0 heterocycles. The maximum Gasteiger partial charge on any atom is 0.237 e. The maximum atomic E-state index is 11.9. The summed E-state index contributed by atoms with van der Waals surface area (Å²) < 4.78 is 5.46. The molecule has 114 valence electrons. The zero-order valence-corrected chi connectivity index (χ0v) is 13.4. The molecule has 0 spiro atoms. The molecule has 5 nitrogen and oxygen atoms in total. The summed E-state index contributed by atoms with van der Waals surface area (Å²) in [5.74, 6) is 0.0418. The van der Waals surface area contributed by atoms with Gasteiger partial charge in [0.2, 0.25) is 5.91 Å². The van der Waals surface area contributed by atoms with Crippen LogP contribution in [0.1, 0.15) is 34.1 Å². The Kier molecular flexibility index (Phi) is 8.97. The third-order valence-electron chi connectivity index (χ3n) is 3.12. The summed E-state index contributed by atoms with van der Waals surface area (Å²) in [5, 5.41) is 6.19. The topological polar surface area (TPSA) is 53.6 Å². The average Bonchev–Trinajstić information content (AvgIpc) is 2.32. The number of rotatable bonds is 10. The SMILES string of the molecule is CCC(C)(C)NC(=O)C(C)NCCOCCN(C)C. The van der Waals surface area contributed by atoms with E-state index in [0.717, 1.165) is 19.6 Å². The van der Waals surface area contributed by atoms with Crippen LogP contribution in [0.5, 0.6) is 0 Å². The van der Waals surface area contributed by atoms with Gasteiger partial charge in [0.1, 0.15) is 0 Å². The van der Waals surface area contributed by atoms with E-state index in [1.807, 2.05) is 34.9 Å².